The van der Waals surface area contributed by atoms with E-state index >= 15 is 0 Å². The molecule has 4 N–H and O–H groups in total. The van der Waals surface area contributed by atoms with Crippen LogP contribution in [0.2, 0.25) is 0 Å². The van der Waals surface area contributed by atoms with Gasteiger partial charge in [0.2, 0.25) is 0 Å². The van der Waals surface area contributed by atoms with Crippen LogP contribution in [0, 0.1) is 0 Å². The summed E-state index contributed by atoms with van der Waals surface area (Å²) in [4.78, 5) is 17.2. The topological polar surface area (TPSA) is 119 Å². The molecule has 0 saturated carbocycles. The van der Waals surface area contributed by atoms with E-state index in [0.29, 0.717) is 47.6 Å². The molecule has 2 fully saturated rings. The summed E-state index contributed by atoms with van der Waals surface area (Å²) >= 11 is 0. The second-order valence-electron chi connectivity index (χ2n) is 8.07. The first-order valence-electron chi connectivity index (χ1n) is 11.0. The number of para-hydroxylation sites is 1. The van der Waals surface area contributed by atoms with Gasteiger partial charge in [0, 0.05) is 37.9 Å². The van der Waals surface area contributed by atoms with Crippen LogP contribution in [0.25, 0.3) is 0 Å². The number of benzene rings is 2. The Morgan fingerprint density at radius 1 is 0.969 bits per heavy atom. The minimum Gasteiger partial charge on any atom is -0.408 e. The van der Waals surface area contributed by atoms with Crippen molar-refractivity contribution in [3.63, 3.8) is 0 Å². The van der Waals surface area contributed by atoms with Gasteiger partial charge >= 0.3 is 6.09 Å². The Morgan fingerprint density at radius 2 is 1.75 bits per heavy atom. The number of carbonyl (C=O) groups is 1. The van der Waals surface area contributed by atoms with Crippen molar-refractivity contribution in [2.45, 2.75) is 25.3 Å². The molecule has 0 aromatic heterocycles. The van der Waals surface area contributed by atoms with Crippen molar-refractivity contribution in [1.82, 2.24) is 9.80 Å². The highest BCUT2D eigenvalue weighted by atomic mass is 16.6. The summed E-state index contributed by atoms with van der Waals surface area (Å²) in [5, 5.41) is 8.44. The minimum atomic E-state index is -0.359. The summed E-state index contributed by atoms with van der Waals surface area (Å²) in [7, 11) is 0. The molecular weight excluding hydrogens is 408 g/mol. The third-order valence-corrected chi connectivity index (χ3v) is 5.90. The van der Waals surface area contributed by atoms with Gasteiger partial charge in [-0.1, -0.05) is 12.1 Å². The van der Waals surface area contributed by atoms with Gasteiger partial charge in [-0.25, -0.2) is 4.79 Å². The van der Waals surface area contributed by atoms with Gasteiger partial charge in [-0.05, 0) is 49.6 Å². The number of anilines is 2. The molecule has 0 bridgehead atoms. The number of carbonyl (C=O) groups excluding carboxylic acids is 1. The van der Waals surface area contributed by atoms with Crippen LogP contribution < -0.4 is 16.2 Å². The van der Waals surface area contributed by atoms with Gasteiger partial charge in [0.05, 0.1) is 18.9 Å². The van der Waals surface area contributed by atoms with Crippen molar-refractivity contribution in [2.75, 3.05) is 50.9 Å². The van der Waals surface area contributed by atoms with E-state index in [0.717, 1.165) is 45.6 Å². The van der Waals surface area contributed by atoms with Gasteiger partial charge < -0.3 is 25.8 Å². The van der Waals surface area contributed by atoms with E-state index < -0.39 is 0 Å². The number of nitrogens with zero attached hydrogens (tertiary/aromatic N) is 4. The summed E-state index contributed by atoms with van der Waals surface area (Å²) < 4.78 is 11.2. The maximum atomic E-state index is 12.9. The van der Waals surface area contributed by atoms with Crippen LogP contribution >= 0.6 is 0 Å². The number of amides is 1. The first-order valence-corrected chi connectivity index (χ1v) is 11.0. The molecule has 0 radical (unpaired) electrons. The smallest absolute Gasteiger partial charge is 0.408 e. The van der Waals surface area contributed by atoms with Crippen molar-refractivity contribution >= 4 is 28.8 Å². The zero-order valence-electron chi connectivity index (χ0n) is 18.2. The van der Waals surface area contributed by atoms with Crippen LogP contribution in [0.4, 0.5) is 27.5 Å². The van der Waals surface area contributed by atoms with E-state index in [1.165, 1.54) is 0 Å². The van der Waals surface area contributed by atoms with E-state index in [4.69, 9.17) is 20.9 Å². The number of nitrogen functional groups attached to an aromatic ring is 2. The van der Waals surface area contributed by atoms with Crippen LogP contribution in [0.15, 0.2) is 52.7 Å². The Labute approximate surface area is 188 Å². The largest absolute Gasteiger partial charge is 0.415 e. The van der Waals surface area contributed by atoms with Crippen molar-refractivity contribution in [3.05, 3.63) is 42.5 Å². The maximum Gasteiger partial charge on any atom is 0.415 e. The average Bonchev–Trinajstić information content (AvgIpc) is 3.06. The Bertz CT molecular complexity index is 960. The lowest BCUT2D eigenvalue weighted by Crippen LogP contribution is -2.44. The molecule has 2 aromatic carbocycles. The van der Waals surface area contributed by atoms with Crippen LogP contribution in [0.5, 0.6) is 5.75 Å². The third kappa shape index (κ3) is 5.54. The van der Waals surface area contributed by atoms with Gasteiger partial charge in [0.15, 0.2) is 5.75 Å². The molecule has 0 spiro atoms. The summed E-state index contributed by atoms with van der Waals surface area (Å²) in [6.45, 7) is 4.86. The number of likely N-dealkylation sites (tertiary alicyclic amines) is 1. The molecule has 2 aliphatic rings. The van der Waals surface area contributed by atoms with Crippen molar-refractivity contribution in [2.24, 2.45) is 10.2 Å². The zero-order valence-corrected chi connectivity index (χ0v) is 18.2. The second-order valence-corrected chi connectivity index (χ2v) is 8.07. The van der Waals surface area contributed by atoms with E-state index in [2.05, 4.69) is 15.1 Å². The average molecular weight is 439 g/mol. The summed E-state index contributed by atoms with van der Waals surface area (Å²) in [5.74, 6) is 0.365. The van der Waals surface area contributed by atoms with Gasteiger partial charge in [0.25, 0.3) is 0 Å². The first kappa shape index (κ1) is 22.0. The summed E-state index contributed by atoms with van der Waals surface area (Å²) in [5.41, 5.74) is 13.6. The number of morpholine rings is 1. The molecule has 1 atom stereocenters. The van der Waals surface area contributed by atoms with Crippen LogP contribution in [0.1, 0.15) is 19.3 Å². The second kappa shape index (κ2) is 10.4. The normalized spacial score (nSPS) is 20.2. The molecule has 9 nitrogen and oxygen atoms in total. The van der Waals surface area contributed by atoms with Gasteiger partial charge in [-0.15, -0.1) is 10.2 Å². The number of ether oxygens (including phenoxy) is 2. The van der Waals surface area contributed by atoms with Gasteiger partial charge in [-0.3, -0.25) is 4.90 Å². The molecule has 2 aromatic rings. The molecule has 9 heteroatoms. The Hall–Kier alpha value is -3.17. The number of rotatable bonds is 4. The highest BCUT2D eigenvalue weighted by molar-refractivity contribution is 5.73. The quantitative estimate of drug-likeness (QED) is 0.551. The molecule has 32 heavy (non-hydrogen) atoms. The Kier molecular flexibility index (Phi) is 7.18. The lowest BCUT2D eigenvalue weighted by Gasteiger charge is -2.33. The molecule has 1 amide bonds. The van der Waals surface area contributed by atoms with Crippen LogP contribution in [0.3, 0.4) is 0 Å². The van der Waals surface area contributed by atoms with E-state index in [1.54, 1.807) is 41.3 Å². The number of nitrogens with two attached hydrogens (primary N) is 2. The lowest BCUT2D eigenvalue weighted by atomic mass is 10.1. The highest BCUT2D eigenvalue weighted by Crippen LogP contribution is 2.31. The predicted molar refractivity (Wildman–Crippen MR) is 124 cm³/mol. The van der Waals surface area contributed by atoms with Gasteiger partial charge in [0.1, 0.15) is 11.4 Å². The predicted octanol–water partition coefficient (Wildman–Crippen LogP) is 3.95. The molecule has 170 valence electrons. The third-order valence-electron chi connectivity index (χ3n) is 5.90. The van der Waals surface area contributed by atoms with Crippen LogP contribution in [-0.4, -0.2) is 61.3 Å². The fraction of sp³-hybridized carbons (Fsp3) is 0.435. The summed E-state index contributed by atoms with van der Waals surface area (Å²) in [6.07, 6.45) is 2.61. The maximum absolute atomic E-state index is 12.9. The van der Waals surface area contributed by atoms with E-state index in [9.17, 15) is 4.79 Å². The fourth-order valence-electron chi connectivity index (χ4n) is 4.13. The number of hydrogen-bond donors (Lipinski definition) is 2. The Morgan fingerprint density at radius 3 is 2.56 bits per heavy atom. The summed E-state index contributed by atoms with van der Waals surface area (Å²) in [6, 6.07) is 12.6. The Balaban J connectivity index is 1.39. The molecule has 2 saturated heterocycles. The van der Waals surface area contributed by atoms with E-state index in [1.807, 2.05) is 6.07 Å². The molecule has 4 rings (SSSR count). The first-order chi connectivity index (χ1) is 15.6. The van der Waals surface area contributed by atoms with Gasteiger partial charge in [-0.2, -0.15) is 0 Å². The number of azo groups is 1. The van der Waals surface area contributed by atoms with Crippen molar-refractivity contribution < 1.29 is 14.3 Å². The lowest BCUT2D eigenvalue weighted by molar-refractivity contribution is 0.0136. The fourth-order valence-corrected chi connectivity index (χ4v) is 4.13. The number of hydrogen-bond acceptors (Lipinski definition) is 8. The molecule has 2 heterocycles. The van der Waals surface area contributed by atoms with Crippen LogP contribution in [-0.2, 0) is 4.74 Å². The minimum absolute atomic E-state index is 0.359. The highest BCUT2D eigenvalue weighted by Gasteiger charge is 2.27. The SMILES string of the molecule is Nc1ccc(N=Nc2ccccc2OC(=O)N2CCCC(N3CCOCC3)CC2)c(N)c1. The standard InChI is InChI=1S/C23H30N6O3/c24-17-7-8-20(19(25)16-17)26-27-21-5-1-2-6-22(21)32-23(30)29-10-3-4-18(9-11-29)28-12-14-31-15-13-28/h1-2,5-8,16,18H,3-4,9-15,24-25H2. The molecule has 0 aliphatic carbocycles. The molecule has 2 aliphatic heterocycles. The monoisotopic (exact) mass is 438 g/mol. The van der Waals surface area contributed by atoms with Crippen molar-refractivity contribution in [1.29, 1.82) is 0 Å². The molecular formula is C23H30N6O3. The zero-order chi connectivity index (χ0) is 22.3. The van der Waals surface area contributed by atoms with Crippen molar-refractivity contribution in [3.8, 4) is 5.75 Å². The van der Waals surface area contributed by atoms with E-state index in [-0.39, 0.29) is 6.09 Å². The molecule has 1 unspecified atom stereocenters.